The molecular formula is C9H8Cl2OS. The van der Waals surface area contributed by atoms with Gasteiger partial charge in [-0.1, -0.05) is 23.2 Å². The van der Waals surface area contributed by atoms with Gasteiger partial charge in [0.2, 0.25) is 0 Å². The molecule has 70 valence electrons. The van der Waals surface area contributed by atoms with Crippen LogP contribution in [0.5, 0.6) is 0 Å². The van der Waals surface area contributed by atoms with Crippen LogP contribution in [0.3, 0.4) is 0 Å². The van der Waals surface area contributed by atoms with Crippen molar-refractivity contribution >= 4 is 35.0 Å². The molecule has 4 heteroatoms. The Labute approximate surface area is 91.0 Å². The van der Waals surface area contributed by atoms with Gasteiger partial charge >= 0.3 is 0 Å². The van der Waals surface area contributed by atoms with Crippen molar-refractivity contribution in [2.24, 2.45) is 0 Å². The molecule has 1 atom stereocenters. The zero-order chi connectivity index (χ0) is 9.42. The number of benzene rings is 1. The fourth-order valence-corrected chi connectivity index (χ4v) is 3.11. The van der Waals surface area contributed by atoms with Crippen LogP contribution >= 0.6 is 35.0 Å². The molecular weight excluding hydrogens is 227 g/mol. The van der Waals surface area contributed by atoms with Crippen LogP contribution in [0.4, 0.5) is 0 Å². The standard InChI is InChI=1S/C9H8Cl2OS/c10-6-1-2-7(11)9-5(6)3-13-4-8(9)12/h1-2,8,12H,3-4H2/t8-/m0/s1. The molecule has 0 saturated carbocycles. The Morgan fingerprint density at radius 1 is 1.31 bits per heavy atom. The van der Waals surface area contributed by atoms with Gasteiger partial charge in [0.25, 0.3) is 0 Å². The molecule has 1 aromatic rings. The van der Waals surface area contributed by atoms with E-state index in [1.165, 1.54) is 0 Å². The summed E-state index contributed by atoms with van der Waals surface area (Å²) in [5, 5.41) is 11.0. The van der Waals surface area contributed by atoms with Gasteiger partial charge in [-0.15, -0.1) is 0 Å². The number of hydrogen-bond acceptors (Lipinski definition) is 2. The van der Waals surface area contributed by atoms with E-state index in [9.17, 15) is 5.11 Å². The van der Waals surface area contributed by atoms with Crippen molar-refractivity contribution in [3.05, 3.63) is 33.3 Å². The summed E-state index contributed by atoms with van der Waals surface area (Å²) in [6.07, 6.45) is -0.472. The van der Waals surface area contributed by atoms with Crippen molar-refractivity contribution in [1.29, 1.82) is 0 Å². The lowest BCUT2D eigenvalue weighted by molar-refractivity contribution is 0.202. The van der Waals surface area contributed by atoms with Crippen molar-refractivity contribution < 1.29 is 5.11 Å². The lowest BCUT2D eigenvalue weighted by atomic mass is 10.0. The first kappa shape index (κ1) is 9.66. The number of aliphatic hydroxyl groups is 1. The van der Waals surface area contributed by atoms with Crippen LogP contribution in [0.25, 0.3) is 0 Å². The Bertz CT molecular complexity index is 341. The lowest BCUT2D eigenvalue weighted by Gasteiger charge is -2.22. The molecule has 0 saturated heterocycles. The number of thioether (sulfide) groups is 1. The van der Waals surface area contributed by atoms with Crippen LogP contribution in [0.15, 0.2) is 12.1 Å². The van der Waals surface area contributed by atoms with Crippen LogP contribution in [-0.4, -0.2) is 10.9 Å². The molecule has 1 aromatic carbocycles. The van der Waals surface area contributed by atoms with E-state index in [0.29, 0.717) is 15.8 Å². The Morgan fingerprint density at radius 2 is 2.00 bits per heavy atom. The number of fused-ring (bicyclic) bond motifs is 1. The van der Waals surface area contributed by atoms with Gasteiger partial charge in [-0.05, 0) is 17.7 Å². The van der Waals surface area contributed by atoms with Crippen molar-refractivity contribution in [3.63, 3.8) is 0 Å². The van der Waals surface area contributed by atoms with E-state index in [-0.39, 0.29) is 0 Å². The number of halogens is 2. The maximum absolute atomic E-state index is 9.70. The molecule has 2 rings (SSSR count). The molecule has 1 nitrogen and oxygen atoms in total. The summed E-state index contributed by atoms with van der Waals surface area (Å²) in [6.45, 7) is 0. The normalized spacial score (nSPS) is 21.3. The topological polar surface area (TPSA) is 20.2 Å². The first-order valence-electron chi connectivity index (χ1n) is 3.92. The predicted molar refractivity (Wildman–Crippen MR) is 57.6 cm³/mol. The summed E-state index contributed by atoms with van der Waals surface area (Å²) in [4.78, 5) is 0. The number of aliphatic hydroxyl groups excluding tert-OH is 1. The molecule has 0 spiro atoms. The molecule has 0 radical (unpaired) electrons. The highest BCUT2D eigenvalue weighted by atomic mass is 35.5. The molecule has 0 amide bonds. The second-order valence-electron chi connectivity index (χ2n) is 2.95. The monoisotopic (exact) mass is 234 g/mol. The van der Waals surface area contributed by atoms with Crippen molar-refractivity contribution in [1.82, 2.24) is 0 Å². The van der Waals surface area contributed by atoms with Crippen LogP contribution in [-0.2, 0) is 5.75 Å². The molecule has 0 fully saturated rings. The molecule has 1 N–H and O–H groups in total. The van der Waals surface area contributed by atoms with Gasteiger partial charge in [0, 0.05) is 27.1 Å². The van der Waals surface area contributed by atoms with E-state index < -0.39 is 6.10 Å². The van der Waals surface area contributed by atoms with Gasteiger partial charge in [0.15, 0.2) is 0 Å². The third-order valence-corrected chi connectivity index (χ3v) is 3.83. The summed E-state index contributed by atoms with van der Waals surface area (Å²) in [5.41, 5.74) is 1.80. The number of hydrogen-bond donors (Lipinski definition) is 1. The summed E-state index contributed by atoms with van der Waals surface area (Å²) >= 11 is 13.7. The molecule has 1 heterocycles. The highest BCUT2D eigenvalue weighted by Gasteiger charge is 2.22. The average molecular weight is 235 g/mol. The summed E-state index contributed by atoms with van der Waals surface area (Å²) in [6, 6.07) is 3.52. The molecule has 0 aliphatic carbocycles. The minimum atomic E-state index is -0.472. The zero-order valence-electron chi connectivity index (χ0n) is 6.76. The van der Waals surface area contributed by atoms with E-state index in [0.717, 1.165) is 16.9 Å². The Hall–Kier alpha value is 0.110. The highest BCUT2D eigenvalue weighted by Crippen LogP contribution is 2.39. The van der Waals surface area contributed by atoms with E-state index in [1.54, 1.807) is 23.9 Å². The average Bonchev–Trinajstić information content (AvgIpc) is 2.12. The maximum atomic E-state index is 9.70. The van der Waals surface area contributed by atoms with Crippen molar-refractivity contribution in [2.45, 2.75) is 11.9 Å². The second-order valence-corrected chi connectivity index (χ2v) is 4.80. The molecule has 0 aromatic heterocycles. The summed E-state index contributed by atoms with van der Waals surface area (Å²) in [7, 11) is 0. The Morgan fingerprint density at radius 3 is 2.69 bits per heavy atom. The highest BCUT2D eigenvalue weighted by molar-refractivity contribution is 7.98. The molecule has 0 unspecified atom stereocenters. The molecule has 0 bridgehead atoms. The molecule has 1 aliphatic heterocycles. The van der Waals surface area contributed by atoms with Gasteiger partial charge in [0.05, 0.1) is 6.10 Å². The van der Waals surface area contributed by atoms with Gasteiger partial charge in [-0.25, -0.2) is 0 Å². The predicted octanol–water partition coefficient (Wildman–Crippen LogP) is 3.27. The van der Waals surface area contributed by atoms with Crippen LogP contribution < -0.4 is 0 Å². The first-order valence-corrected chi connectivity index (χ1v) is 5.84. The van der Waals surface area contributed by atoms with E-state index >= 15 is 0 Å². The Balaban J connectivity index is 2.60. The second kappa shape index (κ2) is 3.70. The minimum absolute atomic E-state index is 0.472. The Kier molecular flexibility index (Phi) is 2.75. The third kappa shape index (κ3) is 1.68. The van der Waals surface area contributed by atoms with Crippen molar-refractivity contribution in [2.75, 3.05) is 5.75 Å². The van der Waals surface area contributed by atoms with Crippen LogP contribution in [0.1, 0.15) is 17.2 Å². The smallest absolute Gasteiger partial charge is 0.0898 e. The van der Waals surface area contributed by atoms with Crippen molar-refractivity contribution in [3.8, 4) is 0 Å². The van der Waals surface area contributed by atoms with Gasteiger partial charge in [-0.2, -0.15) is 11.8 Å². The SMILES string of the molecule is O[C@H]1CSCc2c(Cl)ccc(Cl)c21. The minimum Gasteiger partial charge on any atom is -0.387 e. The largest absolute Gasteiger partial charge is 0.387 e. The summed E-state index contributed by atoms with van der Waals surface area (Å²) < 4.78 is 0. The fourth-order valence-electron chi connectivity index (χ4n) is 1.47. The fraction of sp³-hybridized carbons (Fsp3) is 0.333. The maximum Gasteiger partial charge on any atom is 0.0898 e. The van der Waals surface area contributed by atoms with Gasteiger partial charge in [-0.3, -0.25) is 0 Å². The van der Waals surface area contributed by atoms with Gasteiger partial charge in [0.1, 0.15) is 0 Å². The van der Waals surface area contributed by atoms with E-state index in [4.69, 9.17) is 23.2 Å². The molecule has 13 heavy (non-hydrogen) atoms. The quantitative estimate of drug-likeness (QED) is 0.744. The zero-order valence-corrected chi connectivity index (χ0v) is 9.09. The van der Waals surface area contributed by atoms with E-state index in [2.05, 4.69) is 0 Å². The summed E-state index contributed by atoms with van der Waals surface area (Å²) in [5.74, 6) is 1.54. The van der Waals surface area contributed by atoms with E-state index in [1.807, 2.05) is 0 Å². The van der Waals surface area contributed by atoms with Crippen LogP contribution in [0, 0.1) is 0 Å². The lowest BCUT2D eigenvalue weighted by Crippen LogP contribution is -2.11. The molecule has 1 aliphatic rings. The van der Waals surface area contributed by atoms with Crippen LogP contribution in [0.2, 0.25) is 10.0 Å². The third-order valence-electron chi connectivity index (χ3n) is 2.10. The first-order chi connectivity index (χ1) is 6.20. The number of rotatable bonds is 0. The van der Waals surface area contributed by atoms with Gasteiger partial charge < -0.3 is 5.11 Å².